The molecule has 152 valence electrons. The van der Waals surface area contributed by atoms with Crippen LogP contribution in [0.3, 0.4) is 0 Å². The van der Waals surface area contributed by atoms with Crippen LogP contribution in [-0.2, 0) is 17.6 Å². The predicted octanol–water partition coefficient (Wildman–Crippen LogP) is 3.56. The number of carbonyl (C=O) groups is 1. The van der Waals surface area contributed by atoms with Gasteiger partial charge < -0.3 is 10.1 Å². The van der Waals surface area contributed by atoms with Crippen LogP contribution in [0.2, 0.25) is 0 Å². The number of aromatic nitrogens is 2. The first-order chi connectivity index (χ1) is 14.1. The summed E-state index contributed by atoms with van der Waals surface area (Å²) in [6, 6.07) is 7.39. The fourth-order valence-corrected chi connectivity index (χ4v) is 5.83. The highest BCUT2D eigenvalue weighted by Gasteiger charge is 2.22. The van der Waals surface area contributed by atoms with Gasteiger partial charge in [0.15, 0.2) is 5.16 Å². The molecule has 8 heteroatoms. The van der Waals surface area contributed by atoms with Gasteiger partial charge in [0, 0.05) is 18.0 Å². The molecule has 0 radical (unpaired) electrons. The Morgan fingerprint density at radius 3 is 2.93 bits per heavy atom. The number of fused-ring (bicyclic) bond motifs is 3. The molecule has 0 atom stereocenters. The van der Waals surface area contributed by atoms with Crippen molar-refractivity contribution in [3.8, 4) is 11.4 Å². The number of hydrogen-bond acceptors (Lipinski definition) is 6. The second-order valence-electron chi connectivity index (χ2n) is 6.94. The van der Waals surface area contributed by atoms with Crippen LogP contribution in [0.25, 0.3) is 15.9 Å². The first kappa shape index (κ1) is 20.0. The van der Waals surface area contributed by atoms with Crippen LogP contribution in [0.15, 0.2) is 34.2 Å². The molecular formula is C21H23N3O3S2. The van der Waals surface area contributed by atoms with Crippen molar-refractivity contribution in [1.29, 1.82) is 0 Å². The average molecular weight is 430 g/mol. The number of rotatable bonds is 5. The summed E-state index contributed by atoms with van der Waals surface area (Å²) in [5, 5.41) is 3.88. The molecule has 2 aromatic heterocycles. The zero-order chi connectivity index (χ0) is 20.4. The Morgan fingerprint density at radius 2 is 2.14 bits per heavy atom. The molecule has 0 saturated heterocycles. The van der Waals surface area contributed by atoms with Crippen molar-refractivity contribution in [3.05, 3.63) is 45.1 Å². The minimum atomic E-state index is -0.108. The third-order valence-electron chi connectivity index (χ3n) is 5.13. The number of nitrogens with one attached hydrogen (secondary N) is 1. The van der Waals surface area contributed by atoms with E-state index in [0.717, 1.165) is 35.9 Å². The highest BCUT2D eigenvalue weighted by Crippen LogP contribution is 2.34. The number of ether oxygens (including phenoxy) is 1. The molecule has 1 aliphatic rings. The third-order valence-corrected chi connectivity index (χ3v) is 7.26. The molecule has 0 spiro atoms. The van der Waals surface area contributed by atoms with Gasteiger partial charge in [-0.2, -0.15) is 0 Å². The standard InChI is InChI=1S/C21H23N3O3S2/c1-22-17(25)12-28-21-23-19-18(15-9-4-3-5-10-16(15)29-19)20(26)24(21)13-7-6-8-14(11-13)27-2/h6-8,11H,3-5,9-10,12H2,1-2H3,(H,22,25). The Labute approximate surface area is 177 Å². The maximum atomic E-state index is 13.7. The first-order valence-electron chi connectivity index (χ1n) is 9.67. The van der Waals surface area contributed by atoms with Gasteiger partial charge in [0.1, 0.15) is 10.6 Å². The Hall–Kier alpha value is -2.32. The Morgan fingerprint density at radius 1 is 1.31 bits per heavy atom. The molecule has 1 aliphatic carbocycles. The number of methoxy groups -OCH3 is 1. The molecule has 6 nitrogen and oxygen atoms in total. The number of nitrogens with zero attached hydrogens (tertiary/aromatic N) is 2. The van der Waals surface area contributed by atoms with Crippen LogP contribution in [0.4, 0.5) is 0 Å². The van der Waals surface area contributed by atoms with Crippen molar-refractivity contribution >= 4 is 39.2 Å². The van der Waals surface area contributed by atoms with E-state index in [2.05, 4.69) is 5.32 Å². The van der Waals surface area contributed by atoms with E-state index in [1.165, 1.54) is 28.6 Å². The number of benzene rings is 1. The van der Waals surface area contributed by atoms with Gasteiger partial charge in [-0.25, -0.2) is 4.98 Å². The van der Waals surface area contributed by atoms with Crippen molar-refractivity contribution < 1.29 is 9.53 Å². The van der Waals surface area contributed by atoms with Gasteiger partial charge >= 0.3 is 0 Å². The normalized spacial score (nSPS) is 13.7. The topological polar surface area (TPSA) is 73.2 Å². The Bertz CT molecular complexity index is 1120. The second-order valence-corrected chi connectivity index (χ2v) is 8.97. The van der Waals surface area contributed by atoms with E-state index in [1.807, 2.05) is 24.3 Å². The maximum Gasteiger partial charge on any atom is 0.267 e. The number of amides is 1. The monoisotopic (exact) mass is 429 g/mol. The van der Waals surface area contributed by atoms with Crippen LogP contribution in [-0.4, -0.2) is 35.4 Å². The zero-order valence-corrected chi connectivity index (χ0v) is 18.1. The lowest BCUT2D eigenvalue weighted by Gasteiger charge is -2.13. The van der Waals surface area contributed by atoms with Crippen molar-refractivity contribution in [1.82, 2.24) is 14.9 Å². The molecule has 0 bridgehead atoms. The van der Waals surface area contributed by atoms with E-state index >= 15 is 0 Å². The summed E-state index contributed by atoms with van der Waals surface area (Å²) in [5.41, 5.74) is 1.79. The number of carbonyl (C=O) groups excluding carboxylic acids is 1. The van der Waals surface area contributed by atoms with Gasteiger partial charge in [-0.1, -0.05) is 24.2 Å². The summed E-state index contributed by atoms with van der Waals surface area (Å²) in [6.45, 7) is 0. The summed E-state index contributed by atoms with van der Waals surface area (Å²) in [4.78, 5) is 32.4. The summed E-state index contributed by atoms with van der Waals surface area (Å²) in [6.07, 6.45) is 5.39. The van der Waals surface area contributed by atoms with Gasteiger partial charge in [-0.15, -0.1) is 11.3 Å². The van der Waals surface area contributed by atoms with Crippen LogP contribution >= 0.6 is 23.1 Å². The highest BCUT2D eigenvalue weighted by molar-refractivity contribution is 7.99. The van der Waals surface area contributed by atoms with Gasteiger partial charge in [-0.05, 0) is 43.4 Å². The van der Waals surface area contributed by atoms with Gasteiger partial charge in [-0.3, -0.25) is 14.2 Å². The van der Waals surface area contributed by atoms with E-state index in [1.54, 1.807) is 30.1 Å². The molecule has 1 aromatic carbocycles. The van der Waals surface area contributed by atoms with E-state index in [9.17, 15) is 9.59 Å². The fourth-order valence-electron chi connectivity index (χ4n) is 3.64. The van der Waals surface area contributed by atoms with Crippen molar-refractivity contribution in [2.45, 2.75) is 37.3 Å². The predicted molar refractivity (Wildman–Crippen MR) is 118 cm³/mol. The van der Waals surface area contributed by atoms with Crippen LogP contribution < -0.4 is 15.6 Å². The number of thioether (sulfide) groups is 1. The third kappa shape index (κ3) is 3.91. The van der Waals surface area contributed by atoms with E-state index in [-0.39, 0.29) is 17.2 Å². The summed E-state index contributed by atoms with van der Waals surface area (Å²) in [7, 11) is 3.20. The molecule has 0 aliphatic heterocycles. The maximum absolute atomic E-state index is 13.7. The largest absolute Gasteiger partial charge is 0.497 e. The average Bonchev–Trinajstić information content (AvgIpc) is 2.93. The van der Waals surface area contributed by atoms with Crippen LogP contribution in [0.1, 0.15) is 29.7 Å². The lowest BCUT2D eigenvalue weighted by molar-refractivity contribution is -0.118. The molecule has 2 heterocycles. The summed E-state index contributed by atoms with van der Waals surface area (Å²) < 4.78 is 6.97. The van der Waals surface area contributed by atoms with Crippen LogP contribution in [0.5, 0.6) is 5.75 Å². The number of thiophene rings is 1. The molecule has 1 amide bonds. The molecule has 0 unspecified atom stereocenters. The smallest absolute Gasteiger partial charge is 0.267 e. The lowest BCUT2D eigenvalue weighted by Crippen LogP contribution is -2.24. The zero-order valence-electron chi connectivity index (χ0n) is 16.5. The van der Waals surface area contributed by atoms with Gasteiger partial charge in [0.05, 0.1) is 23.9 Å². The first-order valence-corrected chi connectivity index (χ1v) is 11.5. The molecule has 1 N–H and O–H groups in total. The molecule has 0 fully saturated rings. The Balaban J connectivity index is 1.93. The highest BCUT2D eigenvalue weighted by atomic mass is 32.2. The summed E-state index contributed by atoms with van der Waals surface area (Å²) >= 11 is 2.90. The van der Waals surface area contributed by atoms with Crippen molar-refractivity contribution in [2.24, 2.45) is 0 Å². The molecule has 29 heavy (non-hydrogen) atoms. The fraction of sp³-hybridized carbons (Fsp3) is 0.381. The van der Waals surface area contributed by atoms with E-state index in [0.29, 0.717) is 16.6 Å². The lowest BCUT2D eigenvalue weighted by atomic mass is 10.1. The van der Waals surface area contributed by atoms with Gasteiger partial charge in [0.25, 0.3) is 5.56 Å². The molecule has 0 saturated carbocycles. The minimum absolute atomic E-state index is 0.0675. The molecule has 3 aromatic rings. The minimum Gasteiger partial charge on any atom is -0.497 e. The van der Waals surface area contributed by atoms with Crippen molar-refractivity contribution in [3.63, 3.8) is 0 Å². The van der Waals surface area contributed by atoms with E-state index < -0.39 is 0 Å². The van der Waals surface area contributed by atoms with Gasteiger partial charge in [0.2, 0.25) is 5.91 Å². The quantitative estimate of drug-likeness (QED) is 0.381. The molecular weight excluding hydrogens is 406 g/mol. The Kier molecular flexibility index (Phi) is 5.91. The van der Waals surface area contributed by atoms with Crippen molar-refractivity contribution in [2.75, 3.05) is 19.9 Å². The second kappa shape index (κ2) is 8.59. The SMILES string of the molecule is CNC(=O)CSc1nc2sc3c(c2c(=O)n1-c1cccc(OC)c1)CCCCC3. The number of aryl methyl sites for hydroxylation is 2. The summed E-state index contributed by atoms with van der Waals surface area (Å²) in [5.74, 6) is 0.758. The molecule has 4 rings (SSSR count). The van der Waals surface area contributed by atoms with Crippen LogP contribution in [0, 0.1) is 0 Å². The van der Waals surface area contributed by atoms with E-state index in [4.69, 9.17) is 9.72 Å². The number of hydrogen-bond donors (Lipinski definition) is 1.